The predicted octanol–water partition coefficient (Wildman–Crippen LogP) is 1.40. The van der Waals surface area contributed by atoms with E-state index in [4.69, 9.17) is 0 Å². The monoisotopic (exact) mass is 419 g/mol. The maximum absolute atomic E-state index is 12.9. The van der Waals surface area contributed by atoms with Crippen LogP contribution in [0.25, 0.3) is 0 Å². The summed E-state index contributed by atoms with van der Waals surface area (Å²) in [6.07, 6.45) is 0. The molecule has 0 saturated carbocycles. The molecule has 2 aromatic rings. The van der Waals surface area contributed by atoms with Gasteiger partial charge in [-0.25, -0.2) is 12.8 Å². The summed E-state index contributed by atoms with van der Waals surface area (Å²) in [5.74, 6) is -1.22. The third kappa shape index (κ3) is 4.99. The number of piperazine rings is 1. The standard InChI is InChI=1S/C20H22FN3O4S/c1-15-2-8-18(9-3-15)29(27,28)24-12-10-23(11-13-24)19(25)14-22-20(26)16-4-6-17(21)7-5-16/h2-9H,10-14H2,1H3,(H,22,26). The maximum Gasteiger partial charge on any atom is 0.251 e. The van der Waals surface area contributed by atoms with Crippen LogP contribution in [-0.4, -0.2) is 62.2 Å². The lowest BCUT2D eigenvalue weighted by Crippen LogP contribution is -2.52. The van der Waals surface area contributed by atoms with Crippen LogP contribution >= 0.6 is 0 Å². The number of nitrogens with one attached hydrogen (secondary N) is 1. The maximum atomic E-state index is 12.9. The molecule has 154 valence electrons. The molecule has 9 heteroatoms. The summed E-state index contributed by atoms with van der Waals surface area (Å²) in [4.78, 5) is 26.1. The highest BCUT2D eigenvalue weighted by Crippen LogP contribution is 2.18. The molecule has 3 rings (SSSR count). The number of hydrogen-bond donors (Lipinski definition) is 1. The first kappa shape index (κ1) is 20.9. The van der Waals surface area contributed by atoms with Gasteiger partial charge in [-0.3, -0.25) is 9.59 Å². The van der Waals surface area contributed by atoms with E-state index in [9.17, 15) is 22.4 Å². The molecule has 1 heterocycles. The van der Waals surface area contributed by atoms with Crippen molar-refractivity contribution in [1.82, 2.24) is 14.5 Å². The lowest BCUT2D eigenvalue weighted by atomic mass is 10.2. The van der Waals surface area contributed by atoms with Gasteiger partial charge in [0.05, 0.1) is 11.4 Å². The highest BCUT2D eigenvalue weighted by atomic mass is 32.2. The normalized spacial score (nSPS) is 15.2. The summed E-state index contributed by atoms with van der Waals surface area (Å²) in [5, 5.41) is 2.50. The number of rotatable bonds is 5. The lowest BCUT2D eigenvalue weighted by Gasteiger charge is -2.34. The minimum Gasteiger partial charge on any atom is -0.343 e. The summed E-state index contributed by atoms with van der Waals surface area (Å²) in [7, 11) is -3.60. The number of aryl methyl sites for hydroxylation is 1. The van der Waals surface area contributed by atoms with Gasteiger partial charge in [0.2, 0.25) is 15.9 Å². The van der Waals surface area contributed by atoms with E-state index in [1.165, 1.54) is 33.5 Å². The molecule has 0 spiro atoms. The second-order valence-electron chi connectivity index (χ2n) is 6.79. The first-order valence-corrected chi connectivity index (χ1v) is 10.6. The molecule has 0 aromatic heterocycles. The van der Waals surface area contributed by atoms with Crippen LogP contribution < -0.4 is 5.32 Å². The first-order chi connectivity index (χ1) is 13.8. The van der Waals surface area contributed by atoms with E-state index >= 15 is 0 Å². The molecule has 0 aliphatic carbocycles. The molecule has 0 unspecified atom stereocenters. The van der Waals surface area contributed by atoms with E-state index in [1.807, 2.05) is 6.92 Å². The summed E-state index contributed by atoms with van der Waals surface area (Å²) in [5.41, 5.74) is 1.23. The Hall–Kier alpha value is -2.78. The van der Waals surface area contributed by atoms with E-state index in [-0.39, 0.29) is 49.1 Å². The fourth-order valence-electron chi connectivity index (χ4n) is 3.01. The third-order valence-corrected chi connectivity index (χ3v) is 6.67. The van der Waals surface area contributed by atoms with Crippen LogP contribution in [-0.2, 0) is 14.8 Å². The molecule has 2 amide bonds. The SMILES string of the molecule is Cc1ccc(S(=O)(=O)N2CCN(C(=O)CNC(=O)c3ccc(F)cc3)CC2)cc1. The van der Waals surface area contributed by atoms with Crippen LogP contribution in [0.15, 0.2) is 53.4 Å². The number of carbonyl (C=O) groups is 2. The molecular weight excluding hydrogens is 397 g/mol. The molecule has 0 atom stereocenters. The quantitative estimate of drug-likeness (QED) is 0.794. The number of sulfonamides is 1. The van der Waals surface area contributed by atoms with Crippen molar-refractivity contribution in [3.8, 4) is 0 Å². The van der Waals surface area contributed by atoms with Gasteiger partial charge >= 0.3 is 0 Å². The van der Waals surface area contributed by atoms with Crippen LogP contribution in [0, 0.1) is 12.7 Å². The Kier molecular flexibility index (Phi) is 6.29. The molecule has 0 bridgehead atoms. The van der Waals surface area contributed by atoms with Crippen LogP contribution in [0.5, 0.6) is 0 Å². The summed E-state index contributed by atoms with van der Waals surface area (Å²) in [6.45, 7) is 2.55. The van der Waals surface area contributed by atoms with Gasteiger partial charge in [-0.1, -0.05) is 17.7 Å². The van der Waals surface area contributed by atoms with Crippen LogP contribution in [0.1, 0.15) is 15.9 Å². The molecule has 1 aliphatic heterocycles. The summed E-state index contributed by atoms with van der Waals surface area (Å²) in [6, 6.07) is 11.7. The number of carbonyl (C=O) groups excluding carboxylic acids is 2. The largest absolute Gasteiger partial charge is 0.343 e. The van der Waals surface area contributed by atoms with Gasteiger partial charge in [0, 0.05) is 31.7 Å². The summed E-state index contributed by atoms with van der Waals surface area (Å²) >= 11 is 0. The van der Waals surface area contributed by atoms with Crippen molar-refractivity contribution in [2.45, 2.75) is 11.8 Å². The minimum absolute atomic E-state index is 0.188. The lowest BCUT2D eigenvalue weighted by molar-refractivity contribution is -0.131. The van der Waals surface area contributed by atoms with Gasteiger partial charge in [-0.05, 0) is 43.3 Å². The van der Waals surface area contributed by atoms with Crippen molar-refractivity contribution in [1.29, 1.82) is 0 Å². The van der Waals surface area contributed by atoms with E-state index in [0.29, 0.717) is 0 Å². The topological polar surface area (TPSA) is 86.8 Å². The summed E-state index contributed by atoms with van der Waals surface area (Å²) < 4.78 is 39.7. The Bertz CT molecular complexity index is 983. The smallest absolute Gasteiger partial charge is 0.251 e. The Balaban J connectivity index is 1.52. The molecular formula is C20H22FN3O4S. The second-order valence-corrected chi connectivity index (χ2v) is 8.73. The van der Waals surface area contributed by atoms with E-state index in [2.05, 4.69) is 5.32 Å². The molecule has 7 nitrogen and oxygen atoms in total. The second kappa shape index (κ2) is 8.71. The fraction of sp³-hybridized carbons (Fsp3) is 0.300. The van der Waals surface area contributed by atoms with Gasteiger partial charge in [0.15, 0.2) is 0 Å². The van der Waals surface area contributed by atoms with Crippen molar-refractivity contribution in [3.63, 3.8) is 0 Å². The zero-order chi connectivity index (χ0) is 21.0. The minimum atomic E-state index is -3.60. The van der Waals surface area contributed by atoms with E-state index in [1.54, 1.807) is 24.3 Å². The Morgan fingerprint density at radius 3 is 2.14 bits per heavy atom. The fourth-order valence-corrected chi connectivity index (χ4v) is 4.43. The van der Waals surface area contributed by atoms with Crippen molar-refractivity contribution in [2.24, 2.45) is 0 Å². The van der Waals surface area contributed by atoms with Crippen LogP contribution in [0.3, 0.4) is 0 Å². The van der Waals surface area contributed by atoms with Gasteiger partial charge in [-0.2, -0.15) is 4.31 Å². The first-order valence-electron chi connectivity index (χ1n) is 9.16. The molecule has 2 aromatic carbocycles. The molecule has 1 fully saturated rings. The zero-order valence-electron chi connectivity index (χ0n) is 16.0. The average Bonchev–Trinajstić information content (AvgIpc) is 2.72. The van der Waals surface area contributed by atoms with Crippen molar-refractivity contribution >= 4 is 21.8 Å². The molecule has 1 N–H and O–H groups in total. The zero-order valence-corrected chi connectivity index (χ0v) is 16.8. The highest BCUT2D eigenvalue weighted by molar-refractivity contribution is 7.89. The van der Waals surface area contributed by atoms with E-state index < -0.39 is 21.7 Å². The van der Waals surface area contributed by atoms with Gasteiger partial charge in [-0.15, -0.1) is 0 Å². The number of nitrogens with zero attached hydrogens (tertiary/aromatic N) is 2. The van der Waals surface area contributed by atoms with Crippen LogP contribution in [0.2, 0.25) is 0 Å². The Morgan fingerprint density at radius 1 is 0.966 bits per heavy atom. The Labute approximate surface area is 169 Å². The van der Waals surface area contributed by atoms with Crippen molar-refractivity contribution < 1.29 is 22.4 Å². The van der Waals surface area contributed by atoms with Crippen molar-refractivity contribution in [3.05, 3.63) is 65.5 Å². The number of hydrogen-bond acceptors (Lipinski definition) is 4. The van der Waals surface area contributed by atoms with Crippen molar-refractivity contribution in [2.75, 3.05) is 32.7 Å². The molecule has 0 radical (unpaired) electrons. The Morgan fingerprint density at radius 2 is 1.55 bits per heavy atom. The number of benzene rings is 2. The average molecular weight is 419 g/mol. The predicted molar refractivity (Wildman–Crippen MR) is 105 cm³/mol. The number of amides is 2. The van der Waals surface area contributed by atoms with Gasteiger partial charge < -0.3 is 10.2 Å². The van der Waals surface area contributed by atoms with Crippen LogP contribution in [0.4, 0.5) is 4.39 Å². The molecule has 1 aliphatic rings. The highest BCUT2D eigenvalue weighted by Gasteiger charge is 2.30. The number of halogens is 1. The van der Waals surface area contributed by atoms with E-state index in [0.717, 1.165) is 5.56 Å². The van der Waals surface area contributed by atoms with Gasteiger partial charge in [0.1, 0.15) is 5.82 Å². The third-order valence-electron chi connectivity index (χ3n) is 4.76. The molecule has 1 saturated heterocycles. The van der Waals surface area contributed by atoms with Gasteiger partial charge in [0.25, 0.3) is 5.91 Å². The molecule has 29 heavy (non-hydrogen) atoms.